The van der Waals surface area contributed by atoms with Gasteiger partial charge in [-0.25, -0.2) is 4.98 Å². The number of hydrogen-bond acceptors (Lipinski definition) is 3. The maximum absolute atomic E-state index is 5.35. The fraction of sp³-hybridized carbons (Fsp3) is 0.316. The molecule has 0 unspecified atom stereocenters. The Bertz CT molecular complexity index is 899. The summed E-state index contributed by atoms with van der Waals surface area (Å²) in [5.74, 6) is 0.718. The first-order chi connectivity index (χ1) is 11.3. The van der Waals surface area contributed by atoms with Crippen molar-refractivity contribution in [2.24, 2.45) is 0 Å². The van der Waals surface area contributed by atoms with Crippen molar-refractivity contribution in [3.8, 4) is 5.88 Å². The first kappa shape index (κ1) is 13.1. The number of para-hydroxylation sites is 1. The van der Waals surface area contributed by atoms with Crippen LogP contribution in [0.2, 0.25) is 0 Å². The Hall–Kier alpha value is -2.33. The Balaban J connectivity index is 1.63. The number of aromatic amines is 1. The Morgan fingerprint density at radius 3 is 3.04 bits per heavy atom. The molecule has 4 heterocycles. The van der Waals surface area contributed by atoms with Gasteiger partial charge in [-0.15, -0.1) is 0 Å². The van der Waals surface area contributed by atoms with E-state index < -0.39 is 0 Å². The average molecular weight is 305 g/mol. The second-order valence-corrected chi connectivity index (χ2v) is 6.47. The summed E-state index contributed by atoms with van der Waals surface area (Å²) in [4.78, 5) is 10.9. The molecule has 2 aromatic heterocycles. The van der Waals surface area contributed by atoms with Gasteiger partial charge in [0, 0.05) is 35.8 Å². The molecule has 0 spiro atoms. The fourth-order valence-corrected chi connectivity index (χ4v) is 4.13. The summed E-state index contributed by atoms with van der Waals surface area (Å²) < 4.78 is 5.35. The highest BCUT2D eigenvalue weighted by molar-refractivity contribution is 5.85. The van der Waals surface area contributed by atoms with Crippen molar-refractivity contribution in [2.75, 3.05) is 13.7 Å². The Morgan fingerprint density at radius 1 is 1.22 bits per heavy atom. The number of aromatic nitrogens is 2. The molecule has 0 bridgehead atoms. The van der Waals surface area contributed by atoms with Crippen molar-refractivity contribution >= 4 is 10.9 Å². The van der Waals surface area contributed by atoms with E-state index in [0.29, 0.717) is 6.04 Å². The van der Waals surface area contributed by atoms with Gasteiger partial charge in [0.25, 0.3) is 0 Å². The molecule has 1 N–H and O–H groups in total. The van der Waals surface area contributed by atoms with Crippen molar-refractivity contribution in [2.45, 2.75) is 25.4 Å². The average Bonchev–Trinajstić information content (AvgIpc) is 2.97. The molecule has 2 aliphatic heterocycles. The molecule has 3 aromatic rings. The summed E-state index contributed by atoms with van der Waals surface area (Å²) >= 11 is 0. The molecular weight excluding hydrogens is 286 g/mol. The monoisotopic (exact) mass is 305 g/mol. The predicted molar refractivity (Wildman–Crippen MR) is 89.6 cm³/mol. The molecule has 23 heavy (non-hydrogen) atoms. The summed E-state index contributed by atoms with van der Waals surface area (Å²) in [5.41, 5.74) is 6.64. The smallest absolute Gasteiger partial charge is 0.213 e. The molecule has 1 atom stereocenters. The molecule has 0 radical (unpaired) electrons. The van der Waals surface area contributed by atoms with E-state index in [1.807, 2.05) is 6.07 Å². The van der Waals surface area contributed by atoms with E-state index in [1.54, 1.807) is 7.11 Å². The number of rotatable bonds is 1. The van der Waals surface area contributed by atoms with Gasteiger partial charge in [0.05, 0.1) is 18.8 Å². The van der Waals surface area contributed by atoms with E-state index in [9.17, 15) is 0 Å². The standard InChI is InChI=1S/C19H19N3O/c1-23-18-7-6-12-8-9-22-11-16-14(10-17(22)19(12)21-18)13-4-2-3-5-15(13)20-16/h2-7,17,20H,8-11H2,1H3/t17-/m0/s1. The summed E-state index contributed by atoms with van der Waals surface area (Å²) in [5, 5.41) is 1.36. The number of ether oxygens (including phenoxy) is 1. The lowest BCUT2D eigenvalue weighted by Crippen LogP contribution is -2.39. The number of fused-ring (bicyclic) bond motifs is 6. The van der Waals surface area contributed by atoms with E-state index >= 15 is 0 Å². The number of H-pyrrole nitrogens is 1. The third-order valence-electron chi connectivity index (χ3n) is 5.28. The van der Waals surface area contributed by atoms with Crippen molar-refractivity contribution < 1.29 is 4.74 Å². The van der Waals surface area contributed by atoms with Crippen LogP contribution in [0.25, 0.3) is 10.9 Å². The van der Waals surface area contributed by atoms with Crippen molar-refractivity contribution in [1.29, 1.82) is 0 Å². The van der Waals surface area contributed by atoms with Gasteiger partial charge in [-0.1, -0.05) is 24.3 Å². The van der Waals surface area contributed by atoms with Crippen molar-refractivity contribution in [1.82, 2.24) is 14.9 Å². The third kappa shape index (κ3) is 1.91. The number of hydrogen-bond donors (Lipinski definition) is 1. The van der Waals surface area contributed by atoms with Gasteiger partial charge in [-0.05, 0) is 30.0 Å². The number of benzene rings is 1. The maximum Gasteiger partial charge on any atom is 0.213 e. The minimum Gasteiger partial charge on any atom is -0.481 e. The first-order valence-electron chi connectivity index (χ1n) is 8.20. The number of methoxy groups -OCH3 is 1. The SMILES string of the molecule is COc1ccc2c(n1)[C@@H]1Cc3c([nH]c4ccccc34)CN1CC2. The summed E-state index contributed by atoms with van der Waals surface area (Å²) in [7, 11) is 1.69. The highest BCUT2D eigenvalue weighted by Gasteiger charge is 2.34. The molecule has 5 rings (SSSR count). The van der Waals surface area contributed by atoms with Crippen LogP contribution in [0.1, 0.15) is 28.6 Å². The summed E-state index contributed by atoms with van der Waals surface area (Å²) in [6, 6.07) is 13.1. The fourth-order valence-electron chi connectivity index (χ4n) is 4.13. The highest BCUT2D eigenvalue weighted by Crippen LogP contribution is 2.40. The predicted octanol–water partition coefficient (Wildman–Crippen LogP) is 3.23. The Labute approximate surface area is 135 Å². The first-order valence-corrected chi connectivity index (χ1v) is 8.20. The second kappa shape index (κ2) is 4.83. The van der Waals surface area contributed by atoms with Gasteiger partial charge in [-0.3, -0.25) is 4.90 Å². The summed E-state index contributed by atoms with van der Waals surface area (Å²) in [6.45, 7) is 2.08. The van der Waals surface area contributed by atoms with Crippen molar-refractivity contribution in [3.63, 3.8) is 0 Å². The van der Waals surface area contributed by atoms with Gasteiger partial charge in [0.15, 0.2) is 0 Å². The van der Waals surface area contributed by atoms with E-state index in [-0.39, 0.29) is 0 Å². The molecule has 0 saturated carbocycles. The third-order valence-corrected chi connectivity index (χ3v) is 5.28. The summed E-state index contributed by atoms with van der Waals surface area (Å²) in [6.07, 6.45) is 2.09. The molecule has 0 amide bonds. The molecule has 4 nitrogen and oxygen atoms in total. The molecule has 0 fully saturated rings. The van der Waals surface area contributed by atoms with Crippen LogP contribution in [0.5, 0.6) is 5.88 Å². The van der Waals surface area contributed by atoms with Crippen molar-refractivity contribution in [3.05, 3.63) is 58.9 Å². The quantitative estimate of drug-likeness (QED) is 0.750. The normalized spacial score (nSPS) is 20.0. The van der Waals surface area contributed by atoms with Gasteiger partial charge in [0.2, 0.25) is 5.88 Å². The van der Waals surface area contributed by atoms with E-state index in [1.165, 1.54) is 33.4 Å². The topological polar surface area (TPSA) is 41.1 Å². The zero-order chi connectivity index (χ0) is 15.4. The molecular formula is C19H19N3O. The van der Waals surface area contributed by atoms with Crippen LogP contribution < -0.4 is 4.74 Å². The minimum absolute atomic E-state index is 0.362. The largest absolute Gasteiger partial charge is 0.481 e. The Morgan fingerprint density at radius 2 is 2.13 bits per heavy atom. The van der Waals surface area contributed by atoms with E-state index in [4.69, 9.17) is 9.72 Å². The molecule has 0 saturated heterocycles. The van der Waals surface area contributed by atoms with Gasteiger partial charge in [-0.2, -0.15) is 0 Å². The van der Waals surface area contributed by atoms with Gasteiger partial charge in [0.1, 0.15) is 0 Å². The lowest BCUT2D eigenvalue weighted by molar-refractivity contribution is 0.154. The molecule has 4 heteroatoms. The minimum atomic E-state index is 0.362. The van der Waals surface area contributed by atoms with Crippen LogP contribution in [-0.2, 0) is 19.4 Å². The second-order valence-electron chi connectivity index (χ2n) is 6.47. The molecule has 1 aromatic carbocycles. The lowest BCUT2D eigenvalue weighted by Gasteiger charge is -2.39. The molecule has 116 valence electrons. The van der Waals surface area contributed by atoms with Gasteiger partial charge >= 0.3 is 0 Å². The zero-order valence-corrected chi connectivity index (χ0v) is 13.2. The maximum atomic E-state index is 5.35. The highest BCUT2D eigenvalue weighted by atomic mass is 16.5. The van der Waals surface area contributed by atoms with Crippen LogP contribution in [0.3, 0.4) is 0 Å². The van der Waals surface area contributed by atoms with E-state index in [0.717, 1.165) is 31.8 Å². The van der Waals surface area contributed by atoms with Crippen LogP contribution in [0, 0.1) is 0 Å². The number of nitrogens with one attached hydrogen (secondary N) is 1. The van der Waals surface area contributed by atoms with Gasteiger partial charge < -0.3 is 9.72 Å². The zero-order valence-electron chi connectivity index (χ0n) is 13.2. The van der Waals surface area contributed by atoms with E-state index in [2.05, 4.69) is 40.2 Å². The molecule has 0 aliphatic carbocycles. The molecule has 2 aliphatic rings. The van der Waals surface area contributed by atoms with Crippen LogP contribution in [0.4, 0.5) is 0 Å². The van der Waals surface area contributed by atoms with Crippen LogP contribution in [0.15, 0.2) is 36.4 Å². The Kier molecular flexibility index (Phi) is 2.76. The van der Waals surface area contributed by atoms with Crippen LogP contribution in [-0.4, -0.2) is 28.5 Å². The van der Waals surface area contributed by atoms with Crippen LogP contribution >= 0.6 is 0 Å². The number of pyridine rings is 1. The lowest BCUT2D eigenvalue weighted by atomic mass is 9.88. The number of nitrogens with zero attached hydrogens (tertiary/aromatic N) is 2.